The van der Waals surface area contributed by atoms with E-state index >= 15 is 0 Å². The fraction of sp³-hybridized carbons (Fsp3) is 0.222. The molecule has 4 nitrogen and oxygen atoms in total. The van der Waals surface area contributed by atoms with Crippen molar-refractivity contribution < 1.29 is 9.59 Å². The standard InChI is InChI=1S/C18H18N2O2/c1-14-7-5-6-10-16(14)20-17(21)11-12-19(18(20)22)13-15-8-3-2-4-9-15/h2-10H,11-13H2,1H3. The van der Waals surface area contributed by atoms with Gasteiger partial charge in [-0.2, -0.15) is 0 Å². The molecule has 2 aromatic rings. The second kappa shape index (κ2) is 6.02. The molecule has 1 saturated heterocycles. The Balaban J connectivity index is 1.86. The van der Waals surface area contributed by atoms with Gasteiger partial charge >= 0.3 is 6.03 Å². The van der Waals surface area contributed by atoms with E-state index in [1.807, 2.05) is 61.5 Å². The van der Waals surface area contributed by atoms with Crippen LogP contribution >= 0.6 is 0 Å². The van der Waals surface area contributed by atoms with Crippen LogP contribution < -0.4 is 4.90 Å². The van der Waals surface area contributed by atoms with Crippen LogP contribution in [-0.2, 0) is 11.3 Å². The number of amides is 3. The van der Waals surface area contributed by atoms with E-state index in [-0.39, 0.29) is 11.9 Å². The van der Waals surface area contributed by atoms with Gasteiger partial charge in [-0.25, -0.2) is 9.69 Å². The number of hydrogen-bond acceptors (Lipinski definition) is 2. The third-order valence-electron chi connectivity index (χ3n) is 3.88. The van der Waals surface area contributed by atoms with E-state index in [0.29, 0.717) is 25.2 Å². The fourth-order valence-electron chi connectivity index (χ4n) is 2.69. The second-order valence-electron chi connectivity index (χ2n) is 5.46. The van der Waals surface area contributed by atoms with Crippen molar-refractivity contribution >= 4 is 17.6 Å². The fourth-order valence-corrected chi connectivity index (χ4v) is 2.69. The number of hydrogen-bond donors (Lipinski definition) is 0. The van der Waals surface area contributed by atoms with Crippen LogP contribution in [0.3, 0.4) is 0 Å². The Bertz CT molecular complexity index is 697. The normalized spacial score (nSPS) is 15.3. The molecule has 0 spiro atoms. The zero-order chi connectivity index (χ0) is 15.5. The van der Waals surface area contributed by atoms with Crippen molar-refractivity contribution in [2.75, 3.05) is 11.4 Å². The zero-order valence-electron chi connectivity index (χ0n) is 12.5. The first-order valence-electron chi connectivity index (χ1n) is 7.38. The lowest BCUT2D eigenvalue weighted by atomic mass is 10.1. The van der Waals surface area contributed by atoms with Crippen molar-refractivity contribution in [3.8, 4) is 0 Å². The molecule has 1 heterocycles. The molecule has 1 aliphatic heterocycles. The molecule has 1 fully saturated rings. The minimum atomic E-state index is -0.241. The summed E-state index contributed by atoms with van der Waals surface area (Å²) in [7, 11) is 0. The monoisotopic (exact) mass is 294 g/mol. The smallest absolute Gasteiger partial charge is 0.319 e. The van der Waals surface area contributed by atoms with Crippen molar-refractivity contribution in [1.29, 1.82) is 0 Å². The predicted octanol–water partition coefficient (Wildman–Crippen LogP) is 3.35. The lowest BCUT2D eigenvalue weighted by Gasteiger charge is -2.34. The largest absolute Gasteiger partial charge is 0.331 e. The number of rotatable bonds is 3. The number of benzene rings is 2. The number of urea groups is 1. The molecule has 0 atom stereocenters. The molecule has 0 radical (unpaired) electrons. The van der Waals surface area contributed by atoms with Gasteiger partial charge in [0.05, 0.1) is 5.69 Å². The number of imide groups is 1. The zero-order valence-corrected chi connectivity index (χ0v) is 12.5. The van der Waals surface area contributed by atoms with Crippen LogP contribution in [0.2, 0.25) is 0 Å². The Morgan fingerprint density at radius 1 is 0.955 bits per heavy atom. The highest BCUT2D eigenvalue weighted by atomic mass is 16.2. The second-order valence-corrected chi connectivity index (χ2v) is 5.46. The number of aryl methyl sites for hydroxylation is 1. The summed E-state index contributed by atoms with van der Waals surface area (Å²) in [6.07, 6.45) is 0.354. The Labute approximate surface area is 130 Å². The maximum Gasteiger partial charge on any atom is 0.331 e. The van der Waals surface area contributed by atoms with E-state index in [9.17, 15) is 9.59 Å². The first-order valence-corrected chi connectivity index (χ1v) is 7.38. The highest BCUT2D eigenvalue weighted by Crippen LogP contribution is 2.25. The number of carbonyl (C=O) groups excluding carboxylic acids is 2. The minimum Gasteiger partial charge on any atom is -0.319 e. The highest BCUT2D eigenvalue weighted by Gasteiger charge is 2.33. The summed E-state index contributed by atoms with van der Waals surface area (Å²) in [5, 5.41) is 0. The van der Waals surface area contributed by atoms with Gasteiger partial charge in [0.15, 0.2) is 0 Å². The van der Waals surface area contributed by atoms with Crippen molar-refractivity contribution in [3.63, 3.8) is 0 Å². The Morgan fingerprint density at radius 2 is 1.64 bits per heavy atom. The van der Waals surface area contributed by atoms with Gasteiger partial charge in [0.2, 0.25) is 5.91 Å². The quantitative estimate of drug-likeness (QED) is 0.871. The van der Waals surface area contributed by atoms with Gasteiger partial charge in [-0.3, -0.25) is 4.79 Å². The van der Waals surface area contributed by atoms with Crippen molar-refractivity contribution in [3.05, 3.63) is 65.7 Å². The molecule has 0 unspecified atom stereocenters. The molecule has 1 aliphatic rings. The maximum absolute atomic E-state index is 12.7. The molecular formula is C18H18N2O2. The van der Waals surface area contributed by atoms with E-state index < -0.39 is 0 Å². The number of nitrogens with zero attached hydrogens (tertiary/aromatic N) is 2. The van der Waals surface area contributed by atoms with Crippen molar-refractivity contribution in [1.82, 2.24) is 4.90 Å². The first kappa shape index (κ1) is 14.3. The summed E-state index contributed by atoms with van der Waals surface area (Å²) in [6, 6.07) is 17.1. The van der Waals surface area contributed by atoms with E-state index in [4.69, 9.17) is 0 Å². The Morgan fingerprint density at radius 3 is 2.36 bits per heavy atom. The summed E-state index contributed by atoms with van der Waals surface area (Å²) >= 11 is 0. The summed E-state index contributed by atoms with van der Waals surface area (Å²) < 4.78 is 0. The Hall–Kier alpha value is -2.62. The molecule has 0 aliphatic carbocycles. The summed E-state index contributed by atoms with van der Waals surface area (Å²) in [4.78, 5) is 28.0. The number of carbonyl (C=O) groups is 2. The number of anilines is 1. The number of para-hydroxylation sites is 1. The highest BCUT2D eigenvalue weighted by molar-refractivity contribution is 6.16. The van der Waals surface area contributed by atoms with E-state index in [0.717, 1.165) is 11.1 Å². The van der Waals surface area contributed by atoms with Crippen LogP contribution in [0, 0.1) is 6.92 Å². The molecule has 0 saturated carbocycles. The summed E-state index contributed by atoms with van der Waals surface area (Å²) in [5.41, 5.74) is 2.66. The third kappa shape index (κ3) is 2.72. The van der Waals surface area contributed by atoms with E-state index in [1.54, 1.807) is 4.90 Å². The van der Waals surface area contributed by atoms with Gasteiger partial charge in [0.1, 0.15) is 0 Å². The SMILES string of the molecule is Cc1ccccc1N1C(=O)CCN(Cc2ccccc2)C1=O. The van der Waals surface area contributed by atoms with Crippen LogP contribution in [0.15, 0.2) is 54.6 Å². The molecule has 3 amide bonds. The molecule has 2 aromatic carbocycles. The average molecular weight is 294 g/mol. The predicted molar refractivity (Wildman–Crippen MR) is 85.5 cm³/mol. The first-order chi connectivity index (χ1) is 10.7. The van der Waals surface area contributed by atoms with E-state index in [1.165, 1.54) is 4.90 Å². The molecule has 0 aromatic heterocycles. The van der Waals surface area contributed by atoms with E-state index in [2.05, 4.69) is 0 Å². The Kier molecular flexibility index (Phi) is 3.92. The topological polar surface area (TPSA) is 40.6 Å². The third-order valence-corrected chi connectivity index (χ3v) is 3.88. The molecule has 4 heteroatoms. The summed E-state index contributed by atoms with van der Waals surface area (Å²) in [6.45, 7) is 2.90. The lowest BCUT2D eigenvalue weighted by molar-refractivity contribution is -0.119. The molecule has 112 valence electrons. The molecule has 22 heavy (non-hydrogen) atoms. The minimum absolute atomic E-state index is 0.136. The average Bonchev–Trinajstić information content (AvgIpc) is 2.53. The molecule has 0 bridgehead atoms. The van der Waals surface area contributed by atoms with Crippen LogP contribution in [-0.4, -0.2) is 23.4 Å². The van der Waals surface area contributed by atoms with Gasteiger partial charge in [-0.05, 0) is 24.1 Å². The van der Waals surface area contributed by atoms with Crippen molar-refractivity contribution in [2.45, 2.75) is 19.9 Å². The molecule has 3 rings (SSSR count). The molecule has 0 N–H and O–H groups in total. The van der Waals surface area contributed by atoms with Crippen LogP contribution in [0.5, 0.6) is 0 Å². The van der Waals surface area contributed by atoms with Gasteiger partial charge in [-0.1, -0.05) is 48.5 Å². The van der Waals surface area contributed by atoms with Crippen molar-refractivity contribution in [2.24, 2.45) is 0 Å². The maximum atomic E-state index is 12.7. The lowest BCUT2D eigenvalue weighted by Crippen LogP contribution is -2.52. The summed E-state index contributed by atoms with van der Waals surface area (Å²) in [5.74, 6) is -0.136. The van der Waals surface area contributed by atoms with Gasteiger partial charge < -0.3 is 4.90 Å². The van der Waals surface area contributed by atoms with Crippen LogP contribution in [0.1, 0.15) is 17.5 Å². The van der Waals surface area contributed by atoms with Crippen LogP contribution in [0.4, 0.5) is 10.5 Å². The van der Waals surface area contributed by atoms with Gasteiger partial charge in [-0.15, -0.1) is 0 Å². The molecular weight excluding hydrogens is 276 g/mol. The van der Waals surface area contributed by atoms with Crippen LogP contribution in [0.25, 0.3) is 0 Å². The van der Waals surface area contributed by atoms with Gasteiger partial charge in [0, 0.05) is 19.5 Å². The van der Waals surface area contributed by atoms with Gasteiger partial charge in [0.25, 0.3) is 0 Å².